The van der Waals surface area contributed by atoms with Crippen molar-refractivity contribution in [3.8, 4) is 0 Å². The Morgan fingerprint density at radius 2 is 2.06 bits per heavy atom. The predicted octanol–water partition coefficient (Wildman–Crippen LogP) is 2.06. The number of imidazole rings is 1. The van der Waals surface area contributed by atoms with Gasteiger partial charge in [-0.2, -0.15) is 4.98 Å². The van der Waals surface area contributed by atoms with Gasteiger partial charge in [0.05, 0.1) is 5.52 Å². The molecule has 0 bridgehead atoms. The number of fused-ring (bicyclic) bond motifs is 1. The molecule has 0 unspecified atom stereocenters. The van der Waals surface area contributed by atoms with Gasteiger partial charge in [0.15, 0.2) is 5.65 Å². The van der Waals surface area contributed by atoms with E-state index in [0.29, 0.717) is 12.1 Å². The summed E-state index contributed by atoms with van der Waals surface area (Å²) in [4.78, 5) is 11.9. The topological polar surface area (TPSA) is 79.6 Å². The minimum absolute atomic E-state index is 0. The highest BCUT2D eigenvalue weighted by Crippen LogP contribution is 2.20. The van der Waals surface area contributed by atoms with Crippen molar-refractivity contribution < 1.29 is 0 Å². The van der Waals surface area contributed by atoms with Gasteiger partial charge in [-0.05, 0) is 37.8 Å². The lowest BCUT2D eigenvalue weighted by Gasteiger charge is -2.26. The maximum Gasteiger partial charge on any atom is 0.202 e. The van der Waals surface area contributed by atoms with Gasteiger partial charge >= 0.3 is 0 Å². The molecule has 5 nitrogen and oxygen atoms in total. The molecule has 6 heteroatoms. The van der Waals surface area contributed by atoms with Crippen molar-refractivity contribution in [3.05, 3.63) is 18.3 Å². The largest absolute Gasteiger partial charge is 0.353 e. The third-order valence-corrected chi connectivity index (χ3v) is 3.37. The molecule has 0 saturated heterocycles. The number of hydrogen-bond donors (Lipinski definition) is 3. The van der Waals surface area contributed by atoms with E-state index in [0.717, 1.165) is 42.8 Å². The fraction of sp³-hybridized carbons (Fsp3) is 0.500. The number of halogens is 1. The third-order valence-electron chi connectivity index (χ3n) is 3.37. The SMILES string of the molecule is Cl.NC1CCC(Nc2nc3ncccc3[nH]2)CC1. The number of rotatable bonds is 2. The van der Waals surface area contributed by atoms with Crippen LogP contribution in [0.3, 0.4) is 0 Å². The van der Waals surface area contributed by atoms with E-state index in [9.17, 15) is 0 Å². The average Bonchev–Trinajstić information content (AvgIpc) is 2.74. The molecule has 2 heterocycles. The van der Waals surface area contributed by atoms with E-state index < -0.39 is 0 Å². The molecule has 0 aromatic carbocycles. The summed E-state index contributed by atoms with van der Waals surface area (Å²) in [6, 6.07) is 4.75. The van der Waals surface area contributed by atoms with E-state index in [2.05, 4.69) is 20.3 Å². The zero-order chi connectivity index (χ0) is 11.7. The van der Waals surface area contributed by atoms with Crippen molar-refractivity contribution in [2.45, 2.75) is 37.8 Å². The molecular formula is C12H18ClN5. The highest BCUT2D eigenvalue weighted by Gasteiger charge is 2.19. The summed E-state index contributed by atoms with van der Waals surface area (Å²) in [6.07, 6.45) is 6.18. The Kier molecular flexibility index (Phi) is 4.04. The second-order valence-electron chi connectivity index (χ2n) is 4.72. The van der Waals surface area contributed by atoms with Crippen LogP contribution in [0.5, 0.6) is 0 Å². The van der Waals surface area contributed by atoms with Crippen molar-refractivity contribution in [1.29, 1.82) is 0 Å². The second kappa shape index (κ2) is 5.54. The van der Waals surface area contributed by atoms with Crippen molar-refractivity contribution in [2.24, 2.45) is 5.73 Å². The van der Waals surface area contributed by atoms with Gasteiger partial charge in [0.2, 0.25) is 5.95 Å². The highest BCUT2D eigenvalue weighted by molar-refractivity contribution is 5.85. The van der Waals surface area contributed by atoms with Gasteiger partial charge in [0, 0.05) is 18.3 Å². The number of nitrogens with one attached hydrogen (secondary N) is 2. The van der Waals surface area contributed by atoms with Crippen LogP contribution in [0.15, 0.2) is 18.3 Å². The van der Waals surface area contributed by atoms with Gasteiger partial charge in [0.1, 0.15) is 0 Å². The monoisotopic (exact) mass is 267 g/mol. The Morgan fingerprint density at radius 1 is 1.28 bits per heavy atom. The maximum atomic E-state index is 5.89. The number of nitrogens with zero attached hydrogens (tertiary/aromatic N) is 2. The standard InChI is InChI=1S/C12H17N5.ClH/c13-8-3-5-9(6-4-8)15-12-16-10-2-1-7-14-11(10)17-12;/h1-2,7-9H,3-6,13H2,(H2,14,15,16,17);1H. The van der Waals surface area contributed by atoms with Crippen LogP contribution in [0.2, 0.25) is 0 Å². The summed E-state index contributed by atoms with van der Waals surface area (Å²) in [6.45, 7) is 0. The fourth-order valence-electron chi connectivity index (χ4n) is 2.37. The summed E-state index contributed by atoms with van der Waals surface area (Å²) >= 11 is 0. The summed E-state index contributed by atoms with van der Waals surface area (Å²) in [5.41, 5.74) is 7.63. The Labute approximate surface area is 112 Å². The molecule has 0 radical (unpaired) electrons. The molecule has 2 aromatic heterocycles. The normalized spacial score (nSPS) is 23.6. The molecule has 1 fully saturated rings. The first kappa shape index (κ1) is 13.1. The first-order valence-corrected chi connectivity index (χ1v) is 6.14. The van der Waals surface area contributed by atoms with Crippen LogP contribution in [-0.2, 0) is 0 Å². The number of aromatic nitrogens is 3. The summed E-state index contributed by atoms with van der Waals surface area (Å²) in [7, 11) is 0. The molecule has 3 rings (SSSR count). The van der Waals surface area contributed by atoms with Crippen LogP contribution < -0.4 is 11.1 Å². The number of H-pyrrole nitrogens is 1. The van der Waals surface area contributed by atoms with Gasteiger partial charge in [-0.15, -0.1) is 12.4 Å². The average molecular weight is 268 g/mol. The zero-order valence-electron chi connectivity index (χ0n) is 10.1. The van der Waals surface area contributed by atoms with E-state index in [-0.39, 0.29) is 12.4 Å². The van der Waals surface area contributed by atoms with E-state index in [1.165, 1.54) is 0 Å². The lowest BCUT2D eigenvalue weighted by atomic mass is 9.92. The van der Waals surface area contributed by atoms with E-state index in [1.54, 1.807) is 6.20 Å². The van der Waals surface area contributed by atoms with Gasteiger partial charge in [-0.25, -0.2) is 4.98 Å². The zero-order valence-corrected chi connectivity index (χ0v) is 10.9. The molecule has 0 aliphatic heterocycles. The summed E-state index contributed by atoms with van der Waals surface area (Å²) < 4.78 is 0. The molecule has 2 aromatic rings. The van der Waals surface area contributed by atoms with Gasteiger partial charge in [0.25, 0.3) is 0 Å². The number of pyridine rings is 1. The van der Waals surface area contributed by atoms with Crippen LogP contribution in [0.1, 0.15) is 25.7 Å². The van der Waals surface area contributed by atoms with Crippen molar-refractivity contribution in [1.82, 2.24) is 15.0 Å². The Morgan fingerprint density at radius 3 is 2.78 bits per heavy atom. The maximum absolute atomic E-state index is 5.89. The van der Waals surface area contributed by atoms with Crippen LogP contribution in [0, 0.1) is 0 Å². The molecule has 1 aliphatic rings. The predicted molar refractivity (Wildman–Crippen MR) is 75.0 cm³/mol. The van der Waals surface area contributed by atoms with Crippen LogP contribution in [0.25, 0.3) is 11.2 Å². The molecule has 98 valence electrons. The summed E-state index contributed by atoms with van der Waals surface area (Å²) in [5.74, 6) is 0.819. The molecular weight excluding hydrogens is 250 g/mol. The Bertz CT molecular complexity index is 471. The van der Waals surface area contributed by atoms with Crippen molar-refractivity contribution >= 4 is 29.5 Å². The number of anilines is 1. The fourth-order valence-corrected chi connectivity index (χ4v) is 2.37. The first-order chi connectivity index (χ1) is 8.31. The van der Waals surface area contributed by atoms with Crippen molar-refractivity contribution in [3.63, 3.8) is 0 Å². The van der Waals surface area contributed by atoms with Crippen LogP contribution in [-0.4, -0.2) is 27.0 Å². The van der Waals surface area contributed by atoms with Gasteiger partial charge in [-0.3, -0.25) is 0 Å². The van der Waals surface area contributed by atoms with Crippen LogP contribution in [0.4, 0.5) is 5.95 Å². The van der Waals surface area contributed by atoms with E-state index in [1.807, 2.05) is 12.1 Å². The highest BCUT2D eigenvalue weighted by atomic mass is 35.5. The number of nitrogens with two attached hydrogens (primary N) is 1. The minimum atomic E-state index is 0. The third kappa shape index (κ3) is 2.73. The minimum Gasteiger partial charge on any atom is -0.353 e. The smallest absolute Gasteiger partial charge is 0.202 e. The molecule has 1 saturated carbocycles. The number of aromatic amines is 1. The Balaban J connectivity index is 0.00000120. The molecule has 0 atom stereocenters. The number of hydrogen-bond acceptors (Lipinski definition) is 4. The molecule has 0 amide bonds. The van der Waals surface area contributed by atoms with E-state index >= 15 is 0 Å². The molecule has 4 N–H and O–H groups in total. The van der Waals surface area contributed by atoms with Crippen molar-refractivity contribution in [2.75, 3.05) is 5.32 Å². The van der Waals surface area contributed by atoms with E-state index in [4.69, 9.17) is 5.73 Å². The first-order valence-electron chi connectivity index (χ1n) is 6.14. The van der Waals surface area contributed by atoms with Gasteiger partial charge in [-0.1, -0.05) is 0 Å². The Hall–Kier alpha value is -1.33. The molecule has 18 heavy (non-hydrogen) atoms. The van der Waals surface area contributed by atoms with Crippen LogP contribution >= 0.6 is 12.4 Å². The molecule has 1 aliphatic carbocycles. The lowest BCUT2D eigenvalue weighted by molar-refractivity contribution is 0.410. The summed E-state index contributed by atoms with van der Waals surface area (Å²) in [5, 5.41) is 3.43. The quantitative estimate of drug-likeness (QED) is 0.778. The lowest BCUT2D eigenvalue weighted by Crippen LogP contribution is -2.33. The molecule has 0 spiro atoms. The second-order valence-corrected chi connectivity index (χ2v) is 4.72. The van der Waals surface area contributed by atoms with Gasteiger partial charge < -0.3 is 16.0 Å².